The van der Waals surface area contributed by atoms with Crippen molar-refractivity contribution >= 4 is 34.8 Å². The molecule has 1 aromatic carbocycles. The van der Waals surface area contributed by atoms with Crippen LogP contribution in [0.4, 0.5) is 5.69 Å². The van der Waals surface area contributed by atoms with Crippen LogP contribution in [0, 0.1) is 5.92 Å². The molecule has 2 rings (SSSR count). The summed E-state index contributed by atoms with van der Waals surface area (Å²) in [5, 5.41) is 3.75. The fourth-order valence-corrected chi connectivity index (χ4v) is 2.37. The summed E-state index contributed by atoms with van der Waals surface area (Å²) in [7, 11) is 0. The van der Waals surface area contributed by atoms with Crippen molar-refractivity contribution in [2.24, 2.45) is 5.92 Å². The normalized spacial score (nSPS) is 19.1. The van der Waals surface area contributed by atoms with E-state index in [1.165, 1.54) is 0 Å². The quantitative estimate of drug-likeness (QED) is 0.798. The Kier molecular flexibility index (Phi) is 4.08. The van der Waals surface area contributed by atoms with Crippen molar-refractivity contribution in [2.45, 2.75) is 19.3 Å². The number of amides is 1. The monoisotopic (exact) mass is 269 g/mol. The molecule has 0 saturated carbocycles. The van der Waals surface area contributed by atoms with E-state index in [-0.39, 0.29) is 11.8 Å². The second kappa shape index (κ2) is 5.56. The lowest BCUT2D eigenvalue weighted by Gasteiger charge is -2.18. The van der Waals surface area contributed by atoms with Crippen molar-refractivity contribution in [3.63, 3.8) is 0 Å². The van der Waals surface area contributed by atoms with Gasteiger partial charge in [0.25, 0.3) is 0 Å². The van der Waals surface area contributed by atoms with E-state index in [0.717, 1.165) is 19.3 Å². The summed E-state index contributed by atoms with van der Waals surface area (Å²) in [6.45, 7) is 0. The molecule has 1 aliphatic carbocycles. The third-order valence-corrected chi connectivity index (χ3v) is 3.48. The minimum Gasteiger partial charge on any atom is -0.323 e. The van der Waals surface area contributed by atoms with Gasteiger partial charge in [0.1, 0.15) is 0 Å². The number of anilines is 1. The molecule has 1 amide bonds. The largest absolute Gasteiger partial charge is 0.323 e. The van der Waals surface area contributed by atoms with E-state index >= 15 is 0 Å². The topological polar surface area (TPSA) is 29.1 Å². The number of hydrogen-bond donors (Lipinski definition) is 1. The first-order chi connectivity index (χ1) is 8.18. The maximum atomic E-state index is 12.0. The lowest BCUT2D eigenvalue weighted by Crippen LogP contribution is -2.23. The predicted octanol–water partition coefficient (Wildman–Crippen LogP) is 4.29. The lowest BCUT2D eigenvalue weighted by molar-refractivity contribution is -0.120. The van der Waals surface area contributed by atoms with Crippen LogP contribution in [0.15, 0.2) is 30.4 Å². The first kappa shape index (κ1) is 12.5. The van der Waals surface area contributed by atoms with E-state index in [4.69, 9.17) is 23.2 Å². The van der Waals surface area contributed by atoms with Crippen molar-refractivity contribution in [1.82, 2.24) is 0 Å². The van der Waals surface area contributed by atoms with Gasteiger partial charge in [-0.2, -0.15) is 0 Å². The molecule has 1 unspecified atom stereocenters. The second-order valence-corrected chi connectivity index (χ2v) is 4.88. The molecule has 1 aromatic rings. The van der Waals surface area contributed by atoms with Gasteiger partial charge in [0.05, 0.1) is 15.7 Å². The lowest BCUT2D eigenvalue weighted by atomic mass is 9.93. The van der Waals surface area contributed by atoms with E-state index in [1.807, 2.05) is 6.08 Å². The van der Waals surface area contributed by atoms with Crippen LogP contribution in [0.25, 0.3) is 0 Å². The number of benzene rings is 1. The van der Waals surface area contributed by atoms with Crippen LogP contribution in [0.2, 0.25) is 10.0 Å². The van der Waals surface area contributed by atoms with Crippen LogP contribution in [0.3, 0.4) is 0 Å². The molecular weight excluding hydrogens is 257 g/mol. The van der Waals surface area contributed by atoms with Gasteiger partial charge in [-0.3, -0.25) is 4.79 Å². The highest BCUT2D eigenvalue weighted by atomic mass is 35.5. The van der Waals surface area contributed by atoms with Gasteiger partial charge in [0, 0.05) is 5.92 Å². The van der Waals surface area contributed by atoms with Crippen molar-refractivity contribution in [3.05, 3.63) is 40.4 Å². The predicted molar refractivity (Wildman–Crippen MR) is 71.6 cm³/mol. The van der Waals surface area contributed by atoms with Gasteiger partial charge < -0.3 is 5.32 Å². The highest BCUT2D eigenvalue weighted by molar-refractivity contribution is 6.39. The molecule has 90 valence electrons. The first-order valence-corrected chi connectivity index (χ1v) is 6.34. The van der Waals surface area contributed by atoms with Crippen molar-refractivity contribution in [3.8, 4) is 0 Å². The third kappa shape index (κ3) is 3.02. The molecule has 0 aromatic heterocycles. The average Bonchev–Trinajstić information content (AvgIpc) is 2.35. The van der Waals surface area contributed by atoms with Crippen LogP contribution in [-0.2, 0) is 4.79 Å². The molecular formula is C13H13Cl2NO. The molecule has 0 radical (unpaired) electrons. The zero-order valence-corrected chi connectivity index (χ0v) is 10.8. The second-order valence-electron chi connectivity index (χ2n) is 4.07. The van der Waals surface area contributed by atoms with Gasteiger partial charge >= 0.3 is 0 Å². The summed E-state index contributed by atoms with van der Waals surface area (Å²) >= 11 is 12.0. The number of hydrogen-bond acceptors (Lipinski definition) is 1. The number of carbonyl (C=O) groups is 1. The highest BCUT2D eigenvalue weighted by Crippen LogP contribution is 2.31. The van der Waals surface area contributed by atoms with Crippen LogP contribution < -0.4 is 5.32 Å². The van der Waals surface area contributed by atoms with Crippen LogP contribution in [-0.4, -0.2) is 5.91 Å². The third-order valence-electron chi connectivity index (χ3n) is 2.85. The van der Waals surface area contributed by atoms with Crippen LogP contribution in [0.1, 0.15) is 19.3 Å². The molecule has 0 aliphatic heterocycles. The Morgan fingerprint density at radius 3 is 2.53 bits per heavy atom. The zero-order chi connectivity index (χ0) is 12.3. The van der Waals surface area contributed by atoms with Gasteiger partial charge in [-0.15, -0.1) is 0 Å². The first-order valence-electron chi connectivity index (χ1n) is 5.58. The summed E-state index contributed by atoms with van der Waals surface area (Å²) in [4.78, 5) is 12.0. The Hall–Kier alpha value is -0.990. The maximum Gasteiger partial charge on any atom is 0.227 e. The number of nitrogens with one attached hydrogen (secondary N) is 1. The minimum atomic E-state index is -0.00986. The average molecular weight is 270 g/mol. The van der Waals surface area contributed by atoms with E-state index in [1.54, 1.807) is 18.2 Å². The van der Waals surface area contributed by atoms with E-state index in [2.05, 4.69) is 11.4 Å². The molecule has 1 atom stereocenters. The summed E-state index contributed by atoms with van der Waals surface area (Å²) in [6.07, 6.45) is 6.76. The molecule has 1 aliphatic rings. The maximum absolute atomic E-state index is 12.0. The summed E-state index contributed by atoms with van der Waals surface area (Å²) in [5.41, 5.74) is 0.510. The smallest absolute Gasteiger partial charge is 0.227 e. The molecule has 0 bridgehead atoms. The Balaban J connectivity index is 2.10. The molecule has 1 N–H and O–H groups in total. The van der Waals surface area contributed by atoms with E-state index < -0.39 is 0 Å². The van der Waals surface area contributed by atoms with Gasteiger partial charge in [-0.05, 0) is 31.4 Å². The van der Waals surface area contributed by atoms with Gasteiger partial charge in [-0.25, -0.2) is 0 Å². The number of carbonyl (C=O) groups excluding carboxylic acids is 1. The number of para-hydroxylation sites is 1. The molecule has 2 nitrogen and oxygen atoms in total. The fraction of sp³-hybridized carbons (Fsp3) is 0.308. The van der Waals surface area contributed by atoms with Crippen molar-refractivity contribution in [1.29, 1.82) is 0 Å². The molecule has 17 heavy (non-hydrogen) atoms. The Bertz CT molecular complexity index is 436. The molecule has 0 fully saturated rings. The Labute approximate surface area is 111 Å². The summed E-state index contributed by atoms with van der Waals surface area (Å²) < 4.78 is 0. The number of halogens is 2. The SMILES string of the molecule is O=C(Nc1c(Cl)cccc1Cl)C1CC=CCC1. The molecule has 0 heterocycles. The molecule has 0 spiro atoms. The Morgan fingerprint density at radius 2 is 1.94 bits per heavy atom. The van der Waals surface area contributed by atoms with Crippen LogP contribution >= 0.6 is 23.2 Å². The zero-order valence-electron chi connectivity index (χ0n) is 9.25. The summed E-state index contributed by atoms with van der Waals surface area (Å²) in [6, 6.07) is 5.18. The minimum absolute atomic E-state index is 0.00986. The fourth-order valence-electron chi connectivity index (χ4n) is 1.87. The summed E-state index contributed by atoms with van der Waals surface area (Å²) in [5.74, 6) is 0.0108. The highest BCUT2D eigenvalue weighted by Gasteiger charge is 2.20. The number of rotatable bonds is 2. The molecule has 4 heteroatoms. The molecule has 0 saturated heterocycles. The van der Waals surface area contributed by atoms with Gasteiger partial charge in [0.15, 0.2) is 0 Å². The van der Waals surface area contributed by atoms with E-state index in [0.29, 0.717) is 15.7 Å². The van der Waals surface area contributed by atoms with Crippen molar-refractivity contribution in [2.75, 3.05) is 5.32 Å². The van der Waals surface area contributed by atoms with E-state index in [9.17, 15) is 4.79 Å². The Morgan fingerprint density at radius 1 is 1.24 bits per heavy atom. The van der Waals surface area contributed by atoms with Crippen molar-refractivity contribution < 1.29 is 4.79 Å². The van der Waals surface area contributed by atoms with Crippen LogP contribution in [0.5, 0.6) is 0 Å². The standard InChI is InChI=1S/C13H13Cl2NO/c14-10-7-4-8-11(15)12(10)16-13(17)9-5-2-1-3-6-9/h1-2,4,7-9H,3,5-6H2,(H,16,17). The number of allylic oxidation sites excluding steroid dienone is 2. The van der Waals surface area contributed by atoms with Gasteiger partial charge in [-0.1, -0.05) is 41.4 Å². The van der Waals surface area contributed by atoms with Gasteiger partial charge in [0.2, 0.25) is 5.91 Å².